The van der Waals surface area contributed by atoms with Crippen LogP contribution in [0, 0.1) is 29.6 Å². The highest BCUT2D eigenvalue weighted by Crippen LogP contribution is 2.60. The van der Waals surface area contributed by atoms with Crippen LogP contribution in [0.1, 0.15) is 48.0 Å². The molecule has 2 heterocycles. The van der Waals surface area contributed by atoms with Gasteiger partial charge in [0.25, 0.3) is 5.91 Å². The monoisotopic (exact) mass is 558 g/mol. The third-order valence-corrected chi connectivity index (χ3v) is 8.77. The predicted molar refractivity (Wildman–Crippen MR) is 148 cm³/mol. The molecule has 0 spiro atoms. The van der Waals surface area contributed by atoms with E-state index in [2.05, 4.69) is 32.0 Å². The van der Waals surface area contributed by atoms with E-state index >= 15 is 0 Å². The lowest BCUT2D eigenvalue weighted by atomic mass is 9.49. The van der Waals surface area contributed by atoms with E-state index < -0.39 is 23.1 Å². The zero-order valence-electron chi connectivity index (χ0n) is 22.0. The number of amides is 2. The van der Waals surface area contributed by atoms with Gasteiger partial charge in [-0.15, -0.1) is 0 Å². The lowest BCUT2D eigenvalue weighted by Gasteiger charge is -2.55. The van der Waals surface area contributed by atoms with Crippen molar-refractivity contribution in [1.29, 1.82) is 0 Å². The molecule has 209 valence electrons. The van der Waals surface area contributed by atoms with E-state index in [0.717, 1.165) is 38.2 Å². The molecule has 4 aromatic rings. The van der Waals surface area contributed by atoms with Gasteiger partial charge in [0.1, 0.15) is 11.6 Å². The number of rotatable bonds is 5. The number of benzene rings is 2. The van der Waals surface area contributed by atoms with Gasteiger partial charge < -0.3 is 15.6 Å². The van der Waals surface area contributed by atoms with Crippen LogP contribution in [0.15, 0.2) is 60.8 Å². The highest BCUT2D eigenvalue weighted by Gasteiger charge is 2.54. The quantitative estimate of drug-likeness (QED) is 0.249. The molecule has 0 aliphatic heterocycles. The molecule has 8 rings (SSSR count). The van der Waals surface area contributed by atoms with Gasteiger partial charge in [-0.2, -0.15) is 13.2 Å². The van der Waals surface area contributed by atoms with Crippen LogP contribution in [0.2, 0.25) is 0 Å². The number of nitrogens with one attached hydrogen (secondary N) is 3. The predicted octanol–water partition coefficient (Wildman–Crippen LogP) is 6.87. The average molecular weight is 559 g/mol. The lowest BCUT2D eigenvalue weighted by Crippen LogP contribution is -2.52. The molecule has 2 aromatic heterocycles. The van der Waals surface area contributed by atoms with Gasteiger partial charge in [-0.3, -0.25) is 9.59 Å². The van der Waals surface area contributed by atoms with Crippen LogP contribution < -0.4 is 10.6 Å². The molecule has 0 saturated heterocycles. The zero-order chi connectivity index (χ0) is 28.4. The topological polar surface area (TPSA) is 99.8 Å². The van der Waals surface area contributed by atoms with Crippen molar-refractivity contribution < 1.29 is 22.8 Å². The Labute approximate surface area is 234 Å². The molecule has 1 radical (unpaired) electrons. The van der Waals surface area contributed by atoms with E-state index in [1.165, 1.54) is 18.2 Å². The fourth-order valence-electron chi connectivity index (χ4n) is 7.28. The molecule has 3 N–H and O–H groups in total. The Balaban J connectivity index is 1.16. The Morgan fingerprint density at radius 1 is 0.951 bits per heavy atom. The van der Waals surface area contributed by atoms with Gasteiger partial charge in [-0.25, -0.2) is 9.97 Å². The maximum absolute atomic E-state index is 14.3. The number of alkyl halides is 3. The van der Waals surface area contributed by atoms with Crippen LogP contribution in [0.4, 0.5) is 24.7 Å². The second-order valence-corrected chi connectivity index (χ2v) is 11.6. The van der Waals surface area contributed by atoms with Crippen molar-refractivity contribution in [3.8, 4) is 11.4 Å². The van der Waals surface area contributed by atoms with Crippen molar-refractivity contribution in [1.82, 2.24) is 15.0 Å². The number of nitrogens with zero attached hydrogens (tertiary/aromatic N) is 2. The molecule has 4 bridgehead atoms. The minimum absolute atomic E-state index is 0.0177. The first-order valence-electron chi connectivity index (χ1n) is 13.8. The van der Waals surface area contributed by atoms with Crippen LogP contribution >= 0.6 is 0 Å². The summed E-state index contributed by atoms with van der Waals surface area (Å²) in [6, 6.07) is 13.6. The van der Waals surface area contributed by atoms with E-state index in [9.17, 15) is 22.8 Å². The smallest absolute Gasteiger partial charge is 0.338 e. The summed E-state index contributed by atoms with van der Waals surface area (Å²) in [4.78, 5) is 37.5. The van der Waals surface area contributed by atoms with E-state index in [0.29, 0.717) is 40.2 Å². The van der Waals surface area contributed by atoms with Crippen molar-refractivity contribution in [2.45, 2.75) is 38.3 Å². The molecule has 41 heavy (non-hydrogen) atoms. The highest BCUT2D eigenvalue weighted by atomic mass is 19.4. The maximum Gasteiger partial charge on any atom is 0.417 e. The van der Waals surface area contributed by atoms with Gasteiger partial charge in [0, 0.05) is 23.0 Å². The molecule has 10 heteroatoms. The fourth-order valence-corrected chi connectivity index (χ4v) is 7.28. The van der Waals surface area contributed by atoms with Crippen molar-refractivity contribution in [2.75, 3.05) is 10.6 Å². The van der Waals surface area contributed by atoms with Crippen LogP contribution in [0.5, 0.6) is 0 Å². The number of aromatic amines is 1. The van der Waals surface area contributed by atoms with Crippen LogP contribution in [0.25, 0.3) is 22.4 Å². The van der Waals surface area contributed by atoms with Crippen LogP contribution in [0.3, 0.4) is 0 Å². The van der Waals surface area contributed by atoms with Gasteiger partial charge in [-0.05, 0) is 105 Å². The van der Waals surface area contributed by atoms with Gasteiger partial charge in [-0.1, -0.05) is 6.07 Å². The van der Waals surface area contributed by atoms with Crippen molar-refractivity contribution in [2.24, 2.45) is 23.2 Å². The molecule has 2 atom stereocenters. The second-order valence-electron chi connectivity index (χ2n) is 11.6. The molecule has 2 unspecified atom stereocenters. The zero-order valence-corrected chi connectivity index (χ0v) is 22.0. The molecule has 4 aliphatic rings. The second kappa shape index (κ2) is 9.43. The number of pyridine rings is 1. The Bertz CT molecular complexity index is 1630. The number of hydrogen-bond donors (Lipinski definition) is 3. The summed E-state index contributed by atoms with van der Waals surface area (Å²) in [5.74, 6) is 1.19. The molecule has 2 amide bonds. The van der Waals surface area contributed by atoms with Crippen molar-refractivity contribution in [3.63, 3.8) is 0 Å². The first-order chi connectivity index (χ1) is 19.6. The molecular formula is C31H27F3N5O2. The molecule has 7 nitrogen and oxygen atoms in total. The SMILES string of the molecule is O=C(Nc1ccccn1)c1ccc2nc(-c3ccc(NC(=O)C45CC6[CH]C(CC(C6)C4)C5)cc3C(F)(F)F)[nH]c2c1. The fraction of sp³-hybridized carbons (Fsp3) is 0.323. The Kier molecular flexibility index (Phi) is 5.92. The maximum atomic E-state index is 14.3. The normalized spacial score (nSPS) is 24.9. The first-order valence-corrected chi connectivity index (χ1v) is 13.8. The van der Waals surface area contributed by atoms with Crippen LogP contribution in [-0.2, 0) is 11.0 Å². The van der Waals surface area contributed by atoms with Gasteiger partial charge in [0.2, 0.25) is 5.91 Å². The third-order valence-electron chi connectivity index (χ3n) is 8.77. The molecule has 4 fully saturated rings. The minimum Gasteiger partial charge on any atom is -0.338 e. The van der Waals surface area contributed by atoms with Gasteiger partial charge in [0.15, 0.2) is 0 Å². The van der Waals surface area contributed by atoms with E-state index in [-0.39, 0.29) is 23.0 Å². The minimum atomic E-state index is -4.68. The largest absolute Gasteiger partial charge is 0.417 e. The summed E-state index contributed by atoms with van der Waals surface area (Å²) in [7, 11) is 0. The summed E-state index contributed by atoms with van der Waals surface area (Å²) in [5, 5.41) is 5.51. The standard InChI is InChI=1S/C31H27F3N5O2/c32-31(33,34)23-13-21(36-29(41)30-14-17-9-18(15-30)11-19(10-17)16-30)5-6-22(23)27-37-24-7-4-20(12-25(24)38-27)28(40)39-26-3-1-2-8-35-26/h1-9,12-13,17-19H,10-11,14-16H2,(H,36,41)(H,37,38)(H,35,39,40). The Morgan fingerprint density at radius 3 is 2.46 bits per heavy atom. The highest BCUT2D eigenvalue weighted by molar-refractivity contribution is 6.05. The van der Waals surface area contributed by atoms with Crippen molar-refractivity contribution >= 4 is 34.4 Å². The summed E-state index contributed by atoms with van der Waals surface area (Å²) < 4.78 is 42.8. The number of halogens is 3. The van der Waals surface area contributed by atoms with Crippen molar-refractivity contribution in [3.05, 3.63) is 78.3 Å². The third kappa shape index (κ3) is 4.75. The lowest BCUT2D eigenvalue weighted by molar-refractivity contribution is -0.138. The summed E-state index contributed by atoms with van der Waals surface area (Å²) >= 11 is 0. The van der Waals surface area contributed by atoms with E-state index in [4.69, 9.17) is 0 Å². The number of aromatic nitrogens is 3. The Hall–Kier alpha value is -4.21. The first kappa shape index (κ1) is 25.7. The molecule has 4 saturated carbocycles. The van der Waals surface area contributed by atoms with E-state index in [1.54, 1.807) is 36.5 Å². The molecular weight excluding hydrogens is 531 g/mol. The number of imidazole rings is 1. The number of H-pyrrole nitrogens is 1. The number of hydrogen-bond acceptors (Lipinski definition) is 4. The number of fused-ring (bicyclic) bond motifs is 1. The average Bonchev–Trinajstić information content (AvgIpc) is 3.36. The van der Waals surface area contributed by atoms with Gasteiger partial charge >= 0.3 is 6.18 Å². The Morgan fingerprint density at radius 2 is 1.76 bits per heavy atom. The number of carbonyl (C=O) groups excluding carboxylic acids is 2. The summed E-state index contributed by atoms with van der Waals surface area (Å²) in [5.41, 5.74) is -0.292. The summed E-state index contributed by atoms with van der Waals surface area (Å²) in [6.45, 7) is 0. The number of carbonyl (C=O) groups is 2. The van der Waals surface area contributed by atoms with Gasteiger partial charge in [0.05, 0.1) is 22.0 Å². The van der Waals surface area contributed by atoms with E-state index in [1.807, 2.05) is 0 Å². The molecule has 2 aromatic carbocycles. The van der Waals surface area contributed by atoms with Crippen LogP contribution in [-0.4, -0.2) is 26.8 Å². The number of anilines is 2. The molecule has 4 aliphatic carbocycles. The summed E-state index contributed by atoms with van der Waals surface area (Å²) in [6.07, 6.45) is 3.84.